The van der Waals surface area contributed by atoms with Gasteiger partial charge in [-0.3, -0.25) is 0 Å². The molecule has 1 aromatic heterocycles. The highest BCUT2D eigenvalue weighted by Crippen LogP contribution is 2.35. The van der Waals surface area contributed by atoms with Crippen LogP contribution >= 0.6 is 0 Å². The molecule has 82 valence electrons. The van der Waals surface area contributed by atoms with Crippen molar-refractivity contribution in [3.63, 3.8) is 0 Å². The minimum atomic E-state index is 0.349. The van der Waals surface area contributed by atoms with Crippen LogP contribution in [-0.2, 0) is 4.74 Å². The smallest absolute Gasteiger partial charge is 0.126 e. The molecule has 2 aliphatic heterocycles. The lowest BCUT2D eigenvalue weighted by Gasteiger charge is -2.20. The molecule has 2 fully saturated rings. The highest BCUT2D eigenvalue weighted by atomic mass is 16.5. The number of hydrogen-bond acceptors (Lipinski definition) is 4. The van der Waals surface area contributed by atoms with Crippen LogP contribution in [0.1, 0.15) is 24.8 Å². The summed E-state index contributed by atoms with van der Waals surface area (Å²) in [4.78, 5) is 4.21. The summed E-state index contributed by atoms with van der Waals surface area (Å²) in [6.07, 6.45) is 5.81. The Labute approximate surface area is 94.2 Å². The number of fused-ring (bicyclic) bond motifs is 2. The second kappa shape index (κ2) is 3.76. The quantitative estimate of drug-likeness (QED) is 0.815. The Morgan fingerprint density at radius 3 is 2.94 bits per heavy atom. The first-order valence-electron chi connectivity index (χ1n) is 5.63. The van der Waals surface area contributed by atoms with E-state index in [4.69, 9.17) is 10.00 Å². The third kappa shape index (κ3) is 1.63. The van der Waals surface area contributed by atoms with E-state index in [1.54, 1.807) is 12.3 Å². The molecule has 2 aliphatic rings. The Morgan fingerprint density at radius 2 is 2.38 bits per heavy atom. The number of nitrogens with one attached hydrogen (secondary N) is 1. The van der Waals surface area contributed by atoms with Crippen LogP contribution in [0, 0.1) is 11.3 Å². The summed E-state index contributed by atoms with van der Waals surface area (Å²) in [5.41, 5.74) is 0.592. The number of aromatic nitrogens is 1. The van der Waals surface area contributed by atoms with E-state index in [2.05, 4.69) is 16.4 Å². The lowest BCUT2D eigenvalue weighted by atomic mass is 9.95. The molecule has 2 saturated heterocycles. The molecule has 4 heteroatoms. The SMILES string of the molecule is N#Cc1ccc(N[C@H]2C[C@@H]3CC[C@@H]2O3)nc1. The Balaban J connectivity index is 1.68. The van der Waals surface area contributed by atoms with Crippen molar-refractivity contribution in [3.05, 3.63) is 23.9 Å². The molecule has 4 nitrogen and oxygen atoms in total. The molecule has 3 heterocycles. The highest BCUT2D eigenvalue weighted by molar-refractivity contribution is 5.40. The minimum absolute atomic E-state index is 0.349. The summed E-state index contributed by atoms with van der Waals surface area (Å²) in [6, 6.07) is 6.08. The maximum Gasteiger partial charge on any atom is 0.126 e. The van der Waals surface area contributed by atoms with Crippen molar-refractivity contribution in [2.45, 2.75) is 37.5 Å². The van der Waals surface area contributed by atoms with E-state index in [0.717, 1.165) is 18.7 Å². The van der Waals surface area contributed by atoms with E-state index in [1.165, 1.54) is 6.42 Å². The summed E-state index contributed by atoms with van der Waals surface area (Å²) < 4.78 is 5.76. The first-order chi connectivity index (χ1) is 7.85. The van der Waals surface area contributed by atoms with Crippen LogP contribution in [0.25, 0.3) is 0 Å². The van der Waals surface area contributed by atoms with Gasteiger partial charge in [-0.1, -0.05) is 0 Å². The molecule has 1 aromatic rings. The predicted molar refractivity (Wildman–Crippen MR) is 58.9 cm³/mol. The van der Waals surface area contributed by atoms with Gasteiger partial charge in [0.15, 0.2) is 0 Å². The maximum absolute atomic E-state index is 8.67. The number of anilines is 1. The summed E-state index contributed by atoms with van der Waals surface area (Å²) in [5.74, 6) is 0.833. The molecule has 16 heavy (non-hydrogen) atoms. The predicted octanol–water partition coefficient (Wildman–Crippen LogP) is 1.69. The van der Waals surface area contributed by atoms with E-state index in [9.17, 15) is 0 Å². The summed E-state index contributed by atoms with van der Waals surface area (Å²) in [6.45, 7) is 0. The standard InChI is InChI=1S/C12H13N3O/c13-6-8-1-4-12(14-7-8)15-10-5-9-2-3-11(10)16-9/h1,4,7,9-11H,2-3,5H2,(H,14,15)/t9-,10-,11-/m0/s1. The van der Waals surface area contributed by atoms with E-state index < -0.39 is 0 Å². The zero-order valence-corrected chi connectivity index (χ0v) is 8.89. The van der Waals surface area contributed by atoms with Crippen molar-refractivity contribution in [1.82, 2.24) is 4.98 Å². The normalized spacial score (nSPS) is 31.3. The molecule has 0 unspecified atom stereocenters. The first kappa shape index (κ1) is 9.61. The molecule has 0 spiro atoms. The van der Waals surface area contributed by atoms with Crippen LogP contribution in [0.5, 0.6) is 0 Å². The van der Waals surface area contributed by atoms with Gasteiger partial charge in [-0.25, -0.2) is 4.98 Å². The van der Waals surface area contributed by atoms with E-state index in [-0.39, 0.29) is 0 Å². The van der Waals surface area contributed by atoms with Crippen molar-refractivity contribution < 1.29 is 4.74 Å². The largest absolute Gasteiger partial charge is 0.373 e. The Bertz CT molecular complexity index is 423. The highest BCUT2D eigenvalue weighted by Gasteiger charge is 2.40. The van der Waals surface area contributed by atoms with Crippen molar-refractivity contribution in [2.24, 2.45) is 0 Å². The molecule has 0 saturated carbocycles. The second-order valence-electron chi connectivity index (χ2n) is 4.40. The van der Waals surface area contributed by atoms with Gasteiger partial charge in [0.05, 0.1) is 23.8 Å². The number of nitriles is 1. The summed E-state index contributed by atoms with van der Waals surface area (Å²) >= 11 is 0. The van der Waals surface area contributed by atoms with Gasteiger partial charge in [0.25, 0.3) is 0 Å². The molecule has 0 aromatic carbocycles. The fourth-order valence-corrected chi connectivity index (χ4v) is 2.53. The molecule has 2 bridgehead atoms. The van der Waals surface area contributed by atoms with Crippen molar-refractivity contribution in [1.29, 1.82) is 5.26 Å². The summed E-state index contributed by atoms with van der Waals surface area (Å²) in [5, 5.41) is 12.0. The number of rotatable bonds is 2. The van der Waals surface area contributed by atoms with Gasteiger partial charge >= 0.3 is 0 Å². The molecule has 3 rings (SSSR count). The lowest BCUT2D eigenvalue weighted by molar-refractivity contribution is 0.102. The van der Waals surface area contributed by atoms with Crippen molar-refractivity contribution in [2.75, 3.05) is 5.32 Å². The molecular weight excluding hydrogens is 202 g/mol. The number of hydrogen-bond donors (Lipinski definition) is 1. The third-order valence-corrected chi connectivity index (χ3v) is 3.33. The van der Waals surface area contributed by atoms with Crippen molar-refractivity contribution in [3.8, 4) is 6.07 Å². The van der Waals surface area contributed by atoms with Gasteiger partial charge in [0.1, 0.15) is 11.9 Å². The van der Waals surface area contributed by atoms with E-state index in [1.807, 2.05) is 6.07 Å². The number of ether oxygens (including phenoxy) is 1. The molecule has 0 amide bonds. The molecular formula is C12H13N3O. The zero-order valence-electron chi connectivity index (χ0n) is 8.89. The number of pyridine rings is 1. The van der Waals surface area contributed by atoms with E-state index in [0.29, 0.717) is 23.8 Å². The Hall–Kier alpha value is -1.60. The topological polar surface area (TPSA) is 57.9 Å². The van der Waals surface area contributed by atoms with Crippen LogP contribution < -0.4 is 5.32 Å². The van der Waals surface area contributed by atoms with Crippen LogP contribution in [0.2, 0.25) is 0 Å². The Kier molecular flexibility index (Phi) is 2.26. The van der Waals surface area contributed by atoms with Gasteiger partial charge in [-0.2, -0.15) is 5.26 Å². The molecule has 3 atom stereocenters. The van der Waals surface area contributed by atoms with Gasteiger partial charge in [-0.05, 0) is 31.4 Å². The fraction of sp³-hybridized carbons (Fsp3) is 0.500. The number of nitrogens with zero attached hydrogens (tertiary/aromatic N) is 2. The summed E-state index contributed by atoms with van der Waals surface area (Å²) in [7, 11) is 0. The van der Waals surface area contributed by atoms with Crippen LogP contribution in [0.4, 0.5) is 5.82 Å². The second-order valence-corrected chi connectivity index (χ2v) is 4.40. The average molecular weight is 215 g/mol. The van der Waals surface area contributed by atoms with Crippen molar-refractivity contribution >= 4 is 5.82 Å². The van der Waals surface area contributed by atoms with Crippen LogP contribution in [0.15, 0.2) is 18.3 Å². The fourth-order valence-electron chi connectivity index (χ4n) is 2.53. The van der Waals surface area contributed by atoms with Crippen LogP contribution in [-0.4, -0.2) is 23.2 Å². The first-order valence-corrected chi connectivity index (χ1v) is 5.63. The van der Waals surface area contributed by atoms with Crippen LogP contribution in [0.3, 0.4) is 0 Å². The average Bonchev–Trinajstić information content (AvgIpc) is 2.92. The minimum Gasteiger partial charge on any atom is -0.373 e. The van der Waals surface area contributed by atoms with Gasteiger partial charge in [0, 0.05) is 6.20 Å². The Morgan fingerprint density at radius 1 is 1.44 bits per heavy atom. The lowest BCUT2D eigenvalue weighted by Crippen LogP contribution is -2.30. The van der Waals surface area contributed by atoms with Gasteiger partial charge < -0.3 is 10.1 Å². The maximum atomic E-state index is 8.67. The molecule has 0 radical (unpaired) electrons. The third-order valence-electron chi connectivity index (χ3n) is 3.33. The zero-order chi connectivity index (χ0) is 11.0. The van der Waals surface area contributed by atoms with E-state index >= 15 is 0 Å². The molecule has 0 aliphatic carbocycles. The van der Waals surface area contributed by atoms with Gasteiger partial charge in [-0.15, -0.1) is 0 Å². The molecule has 1 N–H and O–H groups in total. The monoisotopic (exact) mass is 215 g/mol. The van der Waals surface area contributed by atoms with Gasteiger partial charge in [0.2, 0.25) is 0 Å².